The molecule has 0 fully saturated rings. The Hall–Kier alpha value is -0.453. The summed E-state index contributed by atoms with van der Waals surface area (Å²) in [5.74, 6) is 0. The highest BCUT2D eigenvalue weighted by atomic mass is 35.5. The zero-order valence-corrected chi connectivity index (χ0v) is 12.9. The van der Waals surface area contributed by atoms with Crippen molar-refractivity contribution in [1.29, 1.82) is 0 Å². The van der Waals surface area contributed by atoms with Crippen molar-refractivity contribution in [3.8, 4) is 0 Å². The quantitative estimate of drug-likeness (QED) is 0.814. The van der Waals surface area contributed by atoms with Gasteiger partial charge in [-0.2, -0.15) is 0 Å². The Labute approximate surface area is 113 Å². The minimum Gasteiger partial charge on any atom is -0.379 e. The van der Waals surface area contributed by atoms with E-state index in [0.717, 1.165) is 5.56 Å². The molecule has 1 N–H and O–H groups in total. The Bertz CT molecular complexity index is 431. The van der Waals surface area contributed by atoms with Crippen LogP contribution >= 0.6 is 11.6 Å². The Morgan fingerprint density at radius 3 is 2.28 bits per heavy atom. The van der Waals surface area contributed by atoms with Crippen molar-refractivity contribution in [2.24, 2.45) is 0 Å². The lowest BCUT2D eigenvalue weighted by Crippen LogP contribution is -2.41. The van der Waals surface area contributed by atoms with Crippen LogP contribution in [0.15, 0.2) is 18.2 Å². The van der Waals surface area contributed by atoms with E-state index in [-0.39, 0.29) is 11.6 Å². The third-order valence-corrected chi connectivity index (χ3v) is 4.84. The van der Waals surface area contributed by atoms with Crippen molar-refractivity contribution in [2.45, 2.75) is 44.6 Å². The van der Waals surface area contributed by atoms with Gasteiger partial charge in [0.25, 0.3) is 6.43 Å². The maximum Gasteiger partial charge on any atom is 0.270 e. The van der Waals surface area contributed by atoms with Crippen LogP contribution in [-0.4, -0.2) is 19.6 Å². The van der Waals surface area contributed by atoms with Crippen molar-refractivity contribution >= 4 is 19.7 Å². The van der Waals surface area contributed by atoms with E-state index in [1.807, 2.05) is 19.6 Å². The van der Waals surface area contributed by atoms with Gasteiger partial charge in [0.05, 0.1) is 0 Å². The van der Waals surface area contributed by atoms with E-state index >= 15 is 0 Å². The molecule has 102 valence electrons. The summed E-state index contributed by atoms with van der Waals surface area (Å²) in [4.78, 5) is 0. The molecule has 5 heteroatoms. The number of alkyl halides is 2. The first-order valence-corrected chi connectivity index (χ1v) is 9.92. The maximum atomic E-state index is 13.3. The monoisotopic (exact) mass is 292 g/mol. The standard InChI is InChI=1S/C13H19ClF2OSi/c1-9-5-6-10(7-11(9)14)13(17,12(15)16)8-18(2,3)4/h5-7,12,17H,8H2,1-4H3. The van der Waals surface area contributed by atoms with Crippen molar-refractivity contribution in [3.63, 3.8) is 0 Å². The summed E-state index contributed by atoms with van der Waals surface area (Å²) in [5.41, 5.74) is -1.08. The summed E-state index contributed by atoms with van der Waals surface area (Å²) in [6.45, 7) is 7.66. The molecule has 0 saturated heterocycles. The molecule has 0 heterocycles. The topological polar surface area (TPSA) is 20.2 Å². The molecule has 1 atom stereocenters. The van der Waals surface area contributed by atoms with Crippen LogP contribution in [0.5, 0.6) is 0 Å². The highest BCUT2D eigenvalue weighted by molar-refractivity contribution is 6.76. The third-order valence-electron chi connectivity index (χ3n) is 2.83. The molecule has 0 spiro atoms. The Balaban J connectivity index is 3.23. The fraction of sp³-hybridized carbons (Fsp3) is 0.538. The Morgan fingerprint density at radius 2 is 1.89 bits per heavy atom. The molecule has 1 aromatic carbocycles. The van der Waals surface area contributed by atoms with Gasteiger partial charge in [0, 0.05) is 13.1 Å². The molecule has 0 radical (unpaired) electrons. The average molecular weight is 293 g/mol. The van der Waals surface area contributed by atoms with E-state index in [4.69, 9.17) is 11.6 Å². The molecule has 1 rings (SSSR count). The molecule has 0 amide bonds. The molecule has 0 bridgehead atoms. The van der Waals surface area contributed by atoms with Gasteiger partial charge >= 0.3 is 0 Å². The van der Waals surface area contributed by atoms with Crippen LogP contribution in [-0.2, 0) is 5.60 Å². The van der Waals surface area contributed by atoms with Crippen LogP contribution in [0.25, 0.3) is 0 Å². The van der Waals surface area contributed by atoms with Gasteiger partial charge in [-0.25, -0.2) is 8.78 Å². The molecule has 1 aromatic rings. The summed E-state index contributed by atoms with van der Waals surface area (Å²) >= 11 is 5.95. The molecular formula is C13H19ClF2OSi. The Morgan fingerprint density at radius 1 is 1.33 bits per heavy atom. The molecule has 0 aliphatic carbocycles. The second-order valence-electron chi connectivity index (χ2n) is 5.93. The van der Waals surface area contributed by atoms with Gasteiger partial charge < -0.3 is 5.11 Å². The normalized spacial score (nSPS) is 15.8. The van der Waals surface area contributed by atoms with Gasteiger partial charge in [0.15, 0.2) is 0 Å². The van der Waals surface area contributed by atoms with Gasteiger partial charge in [-0.15, -0.1) is 0 Å². The molecule has 0 aliphatic rings. The summed E-state index contributed by atoms with van der Waals surface area (Å²) < 4.78 is 26.5. The summed E-state index contributed by atoms with van der Waals surface area (Å²) in [5, 5.41) is 10.7. The minimum atomic E-state index is -2.82. The van der Waals surface area contributed by atoms with Crippen LogP contribution in [0.2, 0.25) is 30.7 Å². The van der Waals surface area contributed by atoms with E-state index in [9.17, 15) is 13.9 Å². The first-order chi connectivity index (χ1) is 8.06. The molecule has 18 heavy (non-hydrogen) atoms. The Kier molecular flexibility index (Phi) is 4.57. The lowest BCUT2D eigenvalue weighted by atomic mass is 9.95. The summed E-state index contributed by atoms with van der Waals surface area (Å²) in [6, 6.07) is 4.75. The molecule has 1 unspecified atom stereocenters. The van der Waals surface area contributed by atoms with Crippen molar-refractivity contribution < 1.29 is 13.9 Å². The molecule has 0 aromatic heterocycles. The van der Waals surface area contributed by atoms with Gasteiger partial charge in [0.2, 0.25) is 0 Å². The highest BCUT2D eigenvalue weighted by Gasteiger charge is 2.43. The first-order valence-electron chi connectivity index (χ1n) is 5.83. The number of halogens is 3. The predicted octanol–water partition coefficient (Wildman–Crippen LogP) is 4.44. The maximum absolute atomic E-state index is 13.3. The van der Waals surface area contributed by atoms with Crippen molar-refractivity contribution in [1.82, 2.24) is 0 Å². The van der Waals surface area contributed by atoms with E-state index in [1.165, 1.54) is 12.1 Å². The second kappa shape index (κ2) is 5.27. The lowest BCUT2D eigenvalue weighted by Gasteiger charge is -2.33. The molecule has 0 aliphatic heterocycles. The van der Waals surface area contributed by atoms with E-state index in [0.29, 0.717) is 5.02 Å². The van der Waals surface area contributed by atoms with Crippen LogP contribution in [0.3, 0.4) is 0 Å². The van der Waals surface area contributed by atoms with Crippen molar-refractivity contribution in [2.75, 3.05) is 0 Å². The zero-order valence-electron chi connectivity index (χ0n) is 11.1. The number of aryl methyl sites for hydroxylation is 1. The zero-order chi connectivity index (χ0) is 14.1. The predicted molar refractivity (Wildman–Crippen MR) is 74.2 cm³/mol. The minimum absolute atomic E-state index is 0.108. The van der Waals surface area contributed by atoms with Crippen LogP contribution < -0.4 is 0 Å². The van der Waals surface area contributed by atoms with Gasteiger partial charge in [-0.05, 0) is 30.2 Å². The molecule has 0 saturated carbocycles. The van der Waals surface area contributed by atoms with Gasteiger partial charge in [-0.1, -0.05) is 43.4 Å². The SMILES string of the molecule is Cc1ccc(C(O)(C[Si](C)(C)C)C(F)F)cc1Cl. The summed E-state index contributed by atoms with van der Waals surface area (Å²) in [7, 11) is -1.84. The highest BCUT2D eigenvalue weighted by Crippen LogP contribution is 2.38. The number of aliphatic hydroxyl groups is 1. The number of rotatable bonds is 4. The van der Waals surface area contributed by atoms with Crippen LogP contribution in [0.4, 0.5) is 8.78 Å². The second-order valence-corrected chi connectivity index (χ2v) is 11.8. The molecule has 1 nitrogen and oxygen atoms in total. The largest absolute Gasteiger partial charge is 0.379 e. The van der Waals surface area contributed by atoms with Gasteiger partial charge in [0.1, 0.15) is 5.60 Å². The van der Waals surface area contributed by atoms with Crippen molar-refractivity contribution in [3.05, 3.63) is 34.3 Å². The third kappa shape index (κ3) is 3.53. The average Bonchev–Trinajstić information content (AvgIpc) is 2.19. The number of hydrogen-bond acceptors (Lipinski definition) is 1. The lowest BCUT2D eigenvalue weighted by molar-refractivity contribution is -0.0890. The fourth-order valence-corrected chi connectivity index (χ4v) is 4.13. The van der Waals surface area contributed by atoms with Crippen LogP contribution in [0.1, 0.15) is 11.1 Å². The first kappa shape index (κ1) is 15.6. The number of hydrogen-bond donors (Lipinski definition) is 1. The van der Waals surface area contributed by atoms with E-state index < -0.39 is 20.1 Å². The fourth-order valence-electron chi connectivity index (χ4n) is 1.98. The van der Waals surface area contributed by atoms with E-state index in [2.05, 4.69) is 0 Å². The van der Waals surface area contributed by atoms with Gasteiger partial charge in [-0.3, -0.25) is 0 Å². The molecular weight excluding hydrogens is 274 g/mol. The van der Waals surface area contributed by atoms with E-state index in [1.54, 1.807) is 13.0 Å². The number of benzene rings is 1. The van der Waals surface area contributed by atoms with Crippen LogP contribution in [0, 0.1) is 6.92 Å². The summed E-state index contributed by atoms with van der Waals surface area (Å²) in [6.07, 6.45) is -2.82. The smallest absolute Gasteiger partial charge is 0.270 e.